The Bertz CT molecular complexity index is 1030. The minimum Gasteiger partial charge on any atom is -0.497 e. The summed E-state index contributed by atoms with van der Waals surface area (Å²) in [6.45, 7) is -0.102. The van der Waals surface area contributed by atoms with E-state index in [4.69, 9.17) is 14.2 Å². The maximum atomic E-state index is 12.8. The minimum absolute atomic E-state index is 0.0164. The van der Waals surface area contributed by atoms with Crippen LogP contribution in [0.15, 0.2) is 48.5 Å². The first kappa shape index (κ1) is 19.6. The minimum atomic E-state index is -0.312. The van der Waals surface area contributed by atoms with Crippen LogP contribution in [-0.4, -0.2) is 37.5 Å². The summed E-state index contributed by atoms with van der Waals surface area (Å²) in [4.78, 5) is 37.3. The Kier molecular flexibility index (Phi) is 4.88. The van der Waals surface area contributed by atoms with E-state index < -0.39 is 0 Å². The number of nitrogens with one attached hydrogen (secondary N) is 1. The summed E-state index contributed by atoms with van der Waals surface area (Å²) >= 11 is 0. The number of carbonyl (C=O) groups excluding carboxylic acids is 3. The van der Waals surface area contributed by atoms with Gasteiger partial charge in [0.15, 0.2) is 12.4 Å². The predicted molar refractivity (Wildman–Crippen MR) is 111 cm³/mol. The van der Waals surface area contributed by atoms with Crippen molar-refractivity contribution in [2.45, 2.75) is 18.9 Å². The molecule has 2 aromatic carbocycles. The van der Waals surface area contributed by atoms with Crippen LogP contribution in [0.2, 0.25) is 0 Å². The van der Waals surface area contributed by atoms with Gasteiger partial charge in [0.25, 0.3) is 0 Å². The second kappa shape index (κ2) is 7.72. The van der Waals surface area contributed by atoms with Gasteiger partial charge >= 0.3 is 5.97 Å². The van der Waals surface area contributed by atoms with Crippen molar-refractivity contribution in [1.29, 1.82) is 0 Å². The van der Waals surface area contributed by atoms with Gasteiger partial charge in [0.05, 0.1) is 18.9 Å². The monoisotopic (exact) mass is 421 g/mol. The van der Waals surface area contributed by atoms with E-state index in [1.807, 2.05) is 0 Å². The number of hydrogen-bond donors (Lipinski definition) is 1. The fourth-order valence-corrected chi connectivity index (χ4v) is 5.25. The first-order valence-electron chi connectivity index (χ1n) is 10.4. The van der Waals surface area contributed by atoms with E-state index in [1.54, 1.807) is 55.6 Å². The van der Waals surface area contributed by atoms with Crippen LogP contribution in [0.4, 0.5) is 5.69 Å². The molecule has 3 fully saturated rings. The van der Waals surface area contributed by atoms with Crippen molar-refractivity contribution >= 4 is 23.3 Å². The number of Topliss-reactive ketones (excluding diaryl/α,β-unsaturated/α-hetero) is 1. The van der Waals surface area contributed by atoms with E-state index in [0.717, 1.165) is 12.8 Å². The number of hydrogen-bond acceptors (Lipinski definition) is 6. The fourth-order valence-electron chi connectivity index (χ4n) is 5.25. The van der Waals surface area contributed by atoms with E-state index in [-0.39, 0.29) is 54.0 Å². The third-order valence-corrected chi connectivity index (χ3v) is 6.67. The predicted octanol–water partition coefficient (Wildman–Crippen LogP) is 3.09. The Balaban J connectivity index is 1.17. The van der Waals surface area contributed by atoms with E-state index >= 15 is 0 Å². The van der Waals surface area contributed by atoms with Gasteiger partial charge in [0, 0.05) is 17.2 Å². The molecule has 1 saturated heterocycles. The van der Waals surface area contributed by atoms with Crippen LogP contribution in [0, 0.1) is 23.7 Å². The number of amides is 1. The molecular weight excluding hydrogens is 398 g/mol. The number of fused-ring (bicyclic) bond motifs is 1. The van der Waals surface area contributed by atoms with Gasteiger partial charge in [-0.2, -0.15) is 0 Å². The summed E-state index contributed by atoms with van der Waals surface area (Å²) < 4.78 is 16.1. The molecule has 31 heavy (non-hydrogen) atoms. The van der Waals surface area contributed by atoms with Gasteiger partial charge in [-0.3, -0.25) is 14.4 Å². The molecule has 0 aromatic heterocycles. The first-order chi connectivity index (χ1) is 15.0. The summed E-state index contributed by atoms with van der Waals surface area (Å²) in [6.07, 6.45) is 1.70. The van der Waals surface area contributed by atoms with Gasteiger partial charge in [0.2, 0.25) is 5.91 Å². The molecule has 0 spiro atoms. The van der Waals surface area contributed by atoms with Crippen LogP contribution in [0.1, 0.15) is 23.2 Å². The van der Waals surface area contributed by atoms with Crippen LogP contribution in [0.3, 0.4) is 0 Å². The largest absolute Gasteiger partial charge is 0.497 e. The lowest BCUT2D eigenvalue weighted by Crippen LogP contribution is -2.35. The number of ether oxygens (including phenoxy) is 3. The second-order valence-electron chi connectivity index (χ2n) is 8.38. The number of anilines is 1. The lowest BCUT2D eigenvalue weighted by molar-refractivity contribution is -0.145. The Morgan fingerprint density at radius 1 is 1.10 bits per heavy atom. The number of rotatable bonds is 7. The molecule has 1 heterocycles. The third kappa shape index (κ3) is 3.54. The molecule has 2 saturated carbocycles. The highest BCUT2D eigenvalue weighted by Gasteiger charge is 2.63. The molecule has 0 unspecified atom stereocenters. The zero-order chi connectivity index (χ0) is 21.5. The summed E-state index contributed by atoms with van der Waals surface area (Å²) in [7, 11) is 1.55. The molecule has 2 aliphatic carbocycles. The molecule has 3 aliphatic rings. The van der Waals surface area contributed by atoms with Crippen molar-refractivity contribution in [3.8, 4) is 11.5 Å². The van der Waals surface area contributed by atoms with Gasteiger partial charge in [-0.05, 0) is 55.2 Å². The van der Waals surface area contributed by atoms with Crippen molar-refractivity contribution in [1.82, 2.24) is 0 Å². The first-order valence-corrected chi connectivity index (χ1v) is 10.4. The van der Waals surface area contributed by atoms with Gasteiger partial charge in [-0.15, -0.1) is 0 Å². The zero-order valence-electron chi connectivity index (χ0n) is 17.1. The quantitative estimate of drug-likeness (QED) is 0.546. The number of methoxy groups -OCH3 is 1. The average molecular weight is 421 g/mol. The summed E-state index contributed by atoms with van der Waals surface area (Å²) in [5.74, 6) is 0.439. The van der Waals surface area contributed by atoms with E-state index in [1.165, 1.54) is 0 Å². The van der Waals surface area contributed by atoms with Gasteiger partial charge in [0.1, 0.15) is 17.6 Å². The highest BCUT2D eigenvalue weighted by Crippen LogP contribution is 2.57. The van der Waals surface area contributed by atoms with Crippen LogP contribution in [0.5, 0.6) is 11.5 Å². The molecule has 7 heteroatoms. The Morgan fingerprint density at radius 3 is 2.68 bits per heavy atom. The van der Waals surface area contributed by atoms with Crippen molar-refractivity contribution < 1.29 is 28.6 Å². The normalized spacial score (nSPS) is 27.6. The van der Waals surface area contributed by atoms with Crippen LogP contribution >= 0.6 is 0 Å². The van der Waals surface area contributed by atoms with Crippen LogP contribution in [-0.2, 0) is 14.3 Å². The SMILES string of the molecule is COc1cccc(C(=O)COc2ccc(NC(=O)[C@@H]3[C@@H]4C[C@@H]5[C@H]3C(=O)O[C@H]5C4)cc2)c1. The molecule has 5 atom stereocenters. The Labute approximate surface area is 179 Å². The number of ketones is 1. The van der Waals surface area contributed by atoms with Crippen molar-refractivity contribution in [3.63, 3.8) is 0 Å². The smallest absolute Gasteiger partial charge is 0.310 e. The standard InChI is InChI=1S/C24H23NO6/c1-29-17-4-2-3-13(9-17)19(26)12-30-16-7-5-15(6-8-16)25-23(27)21-14-10-18-20(11-14)31-24(28)22(18)21/h2-9,14,18,20-22H,10-12H2,1H3,(H,25,27)/t14-,18+,20+,21-,22-/m1/s1. The molecule has 5 rings (SSSR count). The summed E-state index contributed by atoms with van der Waals surface area (Å²) in [5, 5.41) is 2.92. The number of carbonyl (C=O) groups is 3. The lowest BCUT2D eigenvalue weighted by atomic mass is 9.79. The molecule has 1 amide bonds. The molecule has 2 bridgehead atoms. The maximum Gasteiger partial charge on any atom is 0.310 e. The Hall–Kier alpha value is -3.35. The molecule has 1 N–H and O–H groups in total. The van der Waals surface area contributed by atoms with Gasteiger partial charge < -0.3 is 19.5 Å². The molecule has 1 aliphatic heterocycles. The molecular formula is C24H23NO6. The third-order valence-electron chi connectivity index (χ3n) is 6.67. The zero-order valence-corrected chi connectivity index (χ0v) is 17.1. The number of esters is 1. The van der Waals surface area contributed by atoms with Crippen LogP contribution in [0.25, 0.3) is 0 Å². The lowest BCUT2D eigenvalue weighted by Gasteiger charge is -2.23. The Morgan fingerprint density at radius 2 is 1.90 bits per heavy atom. The fraction of sp³-hybridized carbons (Fsp3) is 0.375. The summed E-state index contributed by atoms with van der Waals surface area (Å²) in [5.41, 5.74) is 1.14. The maximum absolute atomic E-state index is 12.8. The second-order valence-corrected chi connectivity index (χ2v) is 8.38. The average Bonchev–Trinajstić information content (AvgIpc) is 3.41. The molecule has 160 valence electrons. The van der Waals surface area contributed by atoms with E-state index in [9.17, 15) is 14.4 Å². The topological polar surface area (TPSA) is 90.9 Å². The summed E-state index contributed by atoms with van der Waals surface area (Å²) in [6, 6.07) is 13.8. The highest BCUT2D eigenvalue weighted by atomic mass is 16.6. The van der Waals surface area contributed by atoms with Crippen molar-refractivity contribution in [3.05, 3.63) is 54.1 Å². The van der Waals surface area contributed by atoms with E-state index in [2.05, 4.69) is 5.32 Å². The van der Waals surface area contributed by atoms with Gasteiger partial charge in [-0.1, -0.05) is 12.1 Å². The number of benzene rings is 2. The highest BCUT2D eigenvalue weighted by molar-refractivity contribution is 5.98. The van der Waals surface area contributed by atoms with E-state index in [0.29, 0.717) is 22.7 Å². The molecule has 7 nitrogen and oxygen atoms in total. The molecule has 2 aromatic rings. The van der Waals surface area contributed by atoms with Crippen molar-refractivity contribution in [2.75, 3.05) is 19.0 Å². The molecule has 0 radical (unpaired) electrons. The van der Waals surface area contributed by atoms with Crippen LogP contribution < -0.4 is 14.8 Å². The van der Waals surface area contributed by atoms with Crippen molar-refractivity contribution in [2.24, 2.45) is 23.7 Å². The van der Waals surface area contributed by atoms with Gasteiger partial charge in [-0.25, -0.2) is 0 Å².